The molecule has 0 atom stereocenters. The number of aryl methyl sites for hydroxylation is 1. The number of rotatable bonds is 16. The van der Waals surface area contributed by atoms with Crippen molar-refractivity contribution >= 4 is 34.6 Å². The molecule has 0 saturated carbocycles. The maximum absolute atomic E-state index is 12.8. The molecule has 0 N–H and O–H groups in total. The predicted octanol–water partition coefficient (Wildman–Crippen LogP) is 6.58. The highest BCUT2D eigenvalue weighted by molar-refractivity contribution is 5.94. The summed E-state index contributed by atoms with van der Waals surface area (Å²) in [6, 6.07) is 21.9. The minimum atomic E-state index is -0.528. The van der Waals surface area contributed by atoms with Gasteiger partial charge in [0.1, 0.15) is 23.0 Å². The number of fused-ring (bicyclic) bond motifs is 1. The fraction of sp³-hybridized carbons (Fsp3) is 0.189. The molecule has 10 nitrogen and oxygen atoms in total. The molecule has 0 unspecified atom stereocenters. The van der Waals surface area contributed by atoms with E-state index in [0.717, 1.165) is 28.5 Å². The van der Waals surface area contributed by atoms with Gasteiger partial charge in [0.2, 0.25) is 0 Å². The number of hydrogen-bond acceptors (Lipinski definition) is 10. The Hall–Kier alpha value is -5.90. The van der Waals surface area contributed by atoms with Gasteiger partial charge in [-0.3, -0.25) is 0 Å². The van der Waals surface area contributed by atoms with Crippen LogP contribution in [0.25, 0.3) is 10.8 Å². The van der Waals surface area contributed by atoms with E-state index < -0.39 is 23.9 Å². The summed E-state index contributed by atoms with van der Waals surface area (Å²) in [7, 11) is 0. The summed E-state index contributed by atoms with van der Waals surface area (Å²) < 4.78 is 32.3. The van der Waals surface area contributed by atoms with Gasteiger partial charge in [0.25, 0.3) is 0 Å². The first kappa shape index (κ1) is 34.0. The van der Waals surface area contributed by atoms with Crippen molar-refractivity contribution in [1.82, 2.24) is 0 Å². The van der Waals surface area contributed by atoms with Gasteiger partial charge >= 0.3 is 23.9 Å². The van der Waals surface area contributed by atoms with Gasteiger partial charge in [-0.2, -0.15) is 0 Å². The van der Waals surface area contributed by atoms with Gasteiger partial charge in [-0.1, -0.05) is 19.2 Å². The number of carbonyl (C=O) groups excluding carboxylic acids is 4. The van der Waals surface area contributed by atoms with E-state index in [4.69, 9.17) is 28.4 Å². The molecule has 0 bridgehead atoms. The van der Waals surface area contributed by atoms with Gasteiger partial charge in [0.15, 0.2) is 0 Å². The molecule has 0 fully saturated rings. The lowest BCUT2D eigenvalue weighted by molar-refractivity contribution is -0.138. The first-order valence-corrected chi connectivity index (χ1v) is 14.8. The number of carbonyl (C=O) groups is 4. The maximum atomic E-state index is 12.8. The summed E-state index contributed by atoms with van der Waals surface area (Å²) in [4.78, 5) is 47.7. The monoisotopic (exact) mass is 638 g/mol. The Kier molecular flexibility index (Phi) is 12.3. The second kappa shape index (κ2) is 17.0. The average molecular weight is 639 g/mol. The Bertz CT molecular complexity index is 1740. The Balaban J connectivity index is 1.28. The van der Waals surface area contributed by atoms with Crippen LogP contribution in [0.5, 0.6) is 23.0 Å². The lowest BCUT2D eigenvalue weighted by Crippen LogP contribution is -2.10. The van der Waals surface area contributed by atoms with Gasteiger partial charge in [-0.25, -0.2) is 19.2 Å². The Labute approximate surface area is 272 Å². The van der Waals surface area contributed by atoms with Crippen molar-refractivity contribution in [2.75, 3.05) is 26.4 Å². The molecule has 0 saturated heterocycles. The van der Waals surface area contributed by atoms with Crippen LogP contribution in [0.1, 0.15) is 39.1 Å². The number of benzene rings is 4. The Morgan fingerprint density at radius 3 is 1.57 bits per heavy atom. The third-order valence-electron chi connectivity index (χ3n) is 6.64. The molecule has 4 rings (SSSR count). The third-order valence-corrected chi connectivity index (χ3v) is 6.64. The molecule has 0 spiro atoms. The standard InChI is InChI=1S/C37H34O10/c1-4-34(38)44-20-6-18-42-30-13-8-26(9-14-30)36(40)46-32-17-12-28-24-33(25(3)22-29(28)23-32)47-37(41)27-10-15-31(16-11-27)43-19-7-21-45-35(39)5-2/h4-5,8-17,22-24H,1-2,6-7,18-21H2,3H3. The third kappa shape index (κ3) is 10.3. The van der Waals surface area contributed by atoms with Crippen molar-refractivity contribution in [1.29, 1.82) is 0 Å². The first-order valence-electron chi connectivity index (χ1n) is 14.8. The minimum Gasteiger partial charge on any atom is -0.493 e. The lowest BCUT2D eigenvalue weighted by atomic mass is 10.1. The smallest absolute Gasteiger partial charge is 0.343 e. The molecule has 0 aliphatic heterocycles. The van der Waals surface area contributed by atoms with Crippen LogP contribution in [0.4, 0.5) is 0 Å². The summed E-state index contributed by atoms with van der Waals surface area (Å²) >= 11 is 0. The summed E-state index contributed by atoms with van der Waals surface area (Å²) in [6.45, 7) is 9.62. The van der Waals surface area contributed by atoms with Gasteiger partial charge < -0.3 is 28.4 Å². The molecule has 0 heterocycles. The van der Waals surface area contributed by atoms with E-state index in [9.17, 15) is 19.2 Å². The van der Waals surface area contributed by atoms with Crippen LogP contribution in [-0.4, -0.2) is 50.3 Å². The second-order valence-corrected chi connectivity index (χ2v) is 10.1. The van der Waals surface area contributed by atoms with Crippen molar-refractivity contribution in [3.63, 3.8) is 0 Å². The van der Waals surface area contributed by atoms with Gasteiger partial charge in [0, 0.05) is 25.0 Å². The molecule has 242 valence electrons. The molecule has 47 heavy (non-hydrogen) atoms. The molecule has 4 aromatic rings. The first-order chi connectivity index (χ1) is 22.7. The van der Waals surface area contributed by atoms with Crippen molar-refractivity contribution in [3.8, 4) is 23.0 Å². The zero-order valence-corrected chi connectivity index (χ0v) is 25.9. The molecular formula is C37H34O10. The van der Waals surface area contributed by atoms with Crippen molar-refractivity contribution in [3.05, 3.63) is 121 Å². The molecule has 0 radical (unpaired) electrons. The van der Waals surface area contributed by atoms with Crippen LogP contribution in [-0.2, 0) is 19.1 Å². The zero-order chi connectivity index (χ0) is 33.6. The van der Waals surface area contributed by atoms with Crippen LogP contribution in [0.15, 0.2) is 104 Å². The molecule has 0 aliphatic carbocycles. The van der Waals surface area contributed by atoms with Gasteiger partial charge in [-0.15, -0.1) is 0 Å². The van der Waals surface area contributed by atoms with E-state index in [-0.39, 0.29) is 13.2 Å². The van der Waals surface area contributed by atoms with Crippen LogP contribution < -0.4 is 18.9 Å². The number of ether oxygens (including phenoxy) is 6. The topological polar surface area (TPSA) is 124 Å². The highest BCUT2D eigenvalue weighted by Gasteiger charge is 2.14. The molecule has 0 aliphatic rings. The second-order valence-electron chi connectivity index (χ2n) is 10.1. The SMILES string of the molecule is C=CC(=O)OCCCOc1ccc(C(=O)Oc2ccc3cc(OC(=O)c4ccc(OCCCOC(=O)C=C)cc4)c(C)cc3c2)cc1. The normalized spacial score (nSPS) is 10.4. The predicted molar refractivity (Wildman–Crippen MR) is 174 cm³/mol. The van der Waals surface area contributed by atoms with Crippen LogP contribution in [0, 0.1) is 6.92 Å². The maximum Gasteiger partial charge on any atom is 0.343 e. The quantitative estimate of drug-likeness (QED) is 0.0575. The molecule has 0 aromatic heterocycles. The van der Waals surface area contributed by atoms with Crippen LogP contribution in [0.2, 0.25) is 0 Å². The van der Waals surface area contributed by atoms with Gasteiger partial charge in [0.05, 0.1) is 37.6 Å². The van der Waals surface area contributed by atoms with E-state index in [0.29, 0.717) is 60.2 Å². The highest BCUT2D eigenvalue weighted by atomic mass is 16.5. The van der Waals surface area contributed by atoms with E-state index in [2.05, 4.69) is 13.2 Å². The van der Waals surface area contributed by atoms with Gasteiger partial charge in [-0.05, 0) is 96.1 Å². The lowest BCUT2D eigenvalue weighted by Gasteiger charge is -2.11. The van der Waals surface area contributed by atoms with Crippen LogP contribution in [0.3, 0.4) is 0 Å². The van der Waals surface area contributed by atoms with Crippen LogP contribution >= 0.6 is 0 Å². The fourth-order valence-corrected chi connectivity index (χ4v) is 4.20. The minimum absolute atomic E-state index is 0.222. The average Bonchev–Trinajstić information content (AvgIpc) is 3.08. The molecule has 4 aromatic carbocycles. The number of hydrogen-bond donors (Lipinski definition) is 0. The fourth-order valence-electron chi connectivity index (χ4n) is 4.20. The van der Waals surface area contributed by atoms with E-state index in [1.165, 1.54) is 0 Å². The van der Waals surface area contributed by atoms with Crippen molar-refractivity contribution in [2.24, 2.45) is 0 Å². The van der Waals surface area contributed by atoms with E-state index in [1.807, 2.05) is 13.0 Å². The Morgan fingerprint density at radius 1 is 0.574 bits per heavy atom. The molecule has 0 amide bonds. The Morgan fingerprint density at radius 2 is 1.06 bits per heavy atom. The van der Waals surface area contributed by atoms with E-state index in [1.54, 1.807) is 72.8 Å². The largest absolute Gasteiger partial charge is 0.493 e. The molecular weight excluding hydrogens is 604 g/mol. The number of esters is 4. The van der Waals surface area contributed by atoms with Crippen molar-refractivity contribution < 1.29 is 47.6 Å². The van der Waals surface area contributed by atoms with E-state index >= 15 is 0 Å². The summed E-state index contributed by atoms with van der Waals surface area (Å²) in [5.74, 6) is -0.108. The molecule has 10 heteroatoms. The van der Waals surface area contributed by atoms with Crippen molar-refractivity contribution in [2.45, 2.75) is 19.8 Å². The summed E-state index contributed by atoms with van der Waals surface area (Å²) in [6.07, 6.45) is 3.24. The zero-order valence-electron chi connectivity index (χ0n) is 25.9. The highest BCUT2D eigenvalue weighted by Crippen LogP contribution is 2.29. The summed E-state index contributed by atoms with van der Waals surface area (Å²) in [5.41, 5.74) is 1.42. The summed E-state index contributed by atoms with van der Waals surface area (Å²) in [5, 5.41) is 1.59.